The van der Waals surface area contributed by atoms with Crippen molar-refractivity contribution in [3.05, 3.63) is 29.6 Å². The Bertz CT molecular complexity index is 378. The van der Waals surface area contributed by atoms with E-state index < -0.39 is 0 Å². The van der Waals surface area contributed by atoms with E-state index in [2.05, 4.69) is 11.8 Å². The minimum absolute atomic E-state index is 0.134. The fourth-order valence-electron chi connectivity index (χ4n) is 2.63. The lowest BCUT2D eigenvalue weighted by atomic mass is 10.0. The first kappa shape index (κ1) is 12.4. The lowest BCUT2D eigenvalue weighted by Gasteiger charge is -2.19. The molecule has 1 aliphatic rings. The molecule has 3 heteroatoms. The Morgan fingerprint density at radius 2 is 2.29 bits per heavy atom. The summed E-state index contributed by atoms with van der Waals surface area (Å²) in [5.74, 6) is 0.596. The van der Waals surface area contributed by atoms with Gasteiger partial charge in [0.2, 0.25) is 0 Å². The Morgan fingerprint density at radius 1 is 1.47 bits per heavy atom. The number of anilines is 1. The number of hydrogen-bond acceptors (Lipinski definition) is 2. The molecular weight excluding hydrogens is 215 g/mol. The molecule has 1 atom stereocenters. The zero-order valence-electron chi connectivity index (χ0n) is 10.5. The third-order valence-corrected chi connectivity index (χ3v) is 3.57. The maximum atomic E-state index is 13.9. The van der Waals surface area contributed by atoms with Crippen molar-refractivity contribution in [2.75, 3.05) is 18.0 Å². The van der Waals surface area contributed by atoms with Crippen LogP contribution in [0.5, 0.6) is 0 Å². The Labute approximate surface area is 103 Å². The van der Waals surface area contributed by atoms with Crippen molar-refractivity contribution in [1.29, 1.82) is 0 Å². The molecule has 1 aromatic carbocycles. The molecule has 1 aliphatic heterocycles. The van der Waals surface area contributed by atoms with Crippen LogP contribution in [0.3, 0.4) is 0 Å². The van der Waals surface area contributed by atoms with E-state index in [1.165, 1.54) is 19.3 Å². The molecule has 0 bridgehead atoms. The monoisotopic (exact) mass is 236 g/mol. The van der Waals surface area contributed by atoms with Gasteiger partial charge in [-0.3, -0.25) is 0 Å². The molecule has 0 amide bonds. The third-order valence-electron chi connectivity index (χ3n) is 3.57. The van der Waals surface area contributed by atoms with E-state index in [1.54, 1.807) is 6.07 Å². The van der Waals surface area contributed by atoms with E-state index in [9.17, 15) is 4.39 Å². The molecule has 1 aromatic rings. The van der Waals surface area contributed by atoms with Crippen molar-refractivity contribution in [2.24, 2.45) is 11.7 Å². The van der Waals surface area contributed by atoms with Gasteiger partial charge in [-0.15, -0.1) is 0 Å². The van der Waals surface area contributed by atoms with E-state index in [0.717, 1.165) is 30.3 Å². The molecule has 0 aliphatic carbocycles. The van der Waals surface area contributed by atoms with Gasteiger partial charge in [0.05, 0.1) is 5.69 Å². The highest BCUT2D eigenvalue weighted by Gasteiger charge is 2.23. The summed E-state index contributed by atoms with van der Waals surface area (Å²) in [7, 11) is 0. The van der Waals surface area contributed by atoms with Gasteiger partial charge in [0, 0.05) is 19.6 Å². The quantitative estimate of drug-likeness (QED) is 0.871. The maximum absolute atomic E-state index is 13.9. The lowest BCUT2D eigenvalue weighted by Crippen LogP contribution is -2.21. The van der Waals surface area contributed by atoms with Crippen molar-refractivity contribution < 1.29 is 4.39 Å². The molecular formula is C14H21FN2. The second kappa shape index (κ2) is 5.50. The molecule has 2 N–H and O–H groups in total. The molecule has 17 heavy (non-hydrogen) atoms. The number of hydrogen-bond donors (Lipinski definition) is 1. The smallest absolute Gasteiger partial charge is 0.146 e. The van der Waals surface area contributed by atoms with Crippen LogP contribution in [-0.4, -0.2) is 13.1 Å². The van der Waals surface area contributed by atoms with Crippen molar-refractivity contribution >= 4 is 5.69 Å². The number of rotatable bonds is 4. The number of halogens is 1. The van der Waals surface area contributed by atoms with Gasteiger partial charge in [0.25, 0.3) is 0 Å². The van der Waals surface area contributed by atoms with Crippen molar-refractivity contribution in [3.63, 3.8) is 0 Å². The van der Waals surface area contributed by atoms with E-state index in [1.807, 2.05) is 12.1 Å². The van der Waals surface area contributed by atoms with Gasteiger partial charge in [0.1, 0.15) is 5.82 Å². The zero-order valence-corrected chi connectivity index (χ0v) is 10.5. The van der Waals surface area contributed by atoms with Crippen LogP contribution in [0, 0.1) is 11.7 Å². The lowest BCUT2D eigenvalue weighted by molar-refractivity contribution is 0.529. The van der Waals surface area contributed by atoms with E-state index in [4.69, 9.17) is 5.73 Å². The maximum Gasteiger partial charge on any atom is 0.146 e. The average molecular weight is 236 g/mol. The van der Waals surface area contributed by atoms with Gasteiger partial charge in [-0.25, -0.2) is 4.39 Å². The van der Waals surface area contributed by atoms with E-state index >= 15 is 0 Å². The summed E-state index contributed by atoms with van der Waals surface area (Å²) in [5, 5.41) is 0. The zero-order chi connectivity index (χ0) is 12.3. The summed E-state index contributed by atoms with van der Waals surface area (Å²) in [6.07, 6.45) is 3.65. The van der Waals surface area contributed by atoms with Gasteiger partial charge in [0.15, 0.2) is 0 Å². The van der Waals surface area contributed by atoms with Gasteiger partial charge < -0.3 is 10.6 Å². The van der Waals surface area contributed by atoms with Gasteiger partial charge in [-0.1, -0.05) is 19.4 Å². The van der Waals surface area contributed by atoms with E-state index in [0.29, 0.717) is 6.54 Å². The van der Waals surface area contributed by atoms with Gasteiger partial charge in [-0.05, 0) is 36.5 Å². The van der Waals surface area contributed by atoms with Crippen LogP contribution in [0.15, 0.2) is 18.2 Å². The van der Waals surface area contributed by atoms with Crippen LogP contribution in [0.25, 0.3) is 0 Å². The fourth-order valence-corrected chi connectivity index (χ4v) is 2.63. The normalized spacial score (nSPS) is 19.9. The number of benzene rings is 1. The molecule has 0 aromatic heterocycles. The van der Waals surface area contributed by atoms with Gasteiger partial charge in [-0.2, -0.15) is 0 Å². The summed E-state index contributed by atoms with van der Waals surface area (Å²) in [6.45, 7) is 4.57. The van der Waals surface area contributed by atoms with Crippen molar-refractivity contribution in [2.45, 2.75) is 32.7 Å². The molecule has 2 nitrogen and oxygen atoms in total. The SMILES string of the molecule is CCCC1CCN(c2ccc(CN)cc2F)C1. The standard InChI is InChI=1S/C14H21FN2/c1-2-3-11-6-7-17(10-11)14-5-4-12(9-16)8-13(14)15/h4-5,8,11H,2-3,6-7,9-10,16H2,1H3. The Hall–Kier alpha value is -1.09. The summed E-state index contributed by atoms with van der Waals surface area (Å²) >= 11 is 0. The van der Waals surface area contributed by atoms with Crippen LogP contribution in [0.1, 0.15) is 31.7 Å². The Kier molecular flexibility index (Phi) is 4.00. The van der Waals surface area contributed by atoms with Crippen LogP contribution in [-0.2, 0) is 6.54 Å². The summed E-state index contributed by atoms with van der Waals surface area (Å²) < 4.78 is 13.9. The molecule has 2 rings (SSSR count). The number of nitrogens with two attached hydrogens (primary N) is 1. The van der Waals surface area contributed by atoms with Crippen LogP contribution < -0.4 is 10.6 Å². The van der Waals surface area contributed by atoms with Crippen LogP contribution in [0.2, 0.25) is 0 Å². The first-order valence-corrected chi connectivity index (χ1v) is 6.48. The van der Waals surface area contributed by atoms with Crippen molar-refractivity contribution in [1.82, 2.24) is 0 Å². The average Bonchev–Trinajstić information content (AvgIpc) is 2.78. The molecule has 94 valence electrons. The minimum atomic E-state index is -0.134. The summed E-state index contributed by atoms with van der Waals surface area (Å²) in [5.41, 5.74) is 7.10. The minimum Gasteiger partial charge on any atom is -0.369 e. The molecule has 1 heterocycles. The predicted molar refractivity (Wildman–Crippen MR) is 69.5 cm³/mol. The van der Waals surface area contributed by atoms with Crippen molar-refractivity contribution in [3.8, 4) is 0 Å². The molecule has 1 fully saturated rings. The first-order chi connectivity index (χ1) is 8.24. The Balaban J connectivity index is 2.08. The van der Waals surface area contributed by atoms with Crippen LogP contribution >= 0.6 is 0 Å². The molecule has 0 saturated carbocycles. The first-order valence-electron chi connectivity index (χ1n) is 6.48. The number of nitrogens with zero attached hydrogens (tertiary/aromatic N) is 1. The molecule has 0 radical (unpaired) electrons. The predicted octanol–water partition coefficient (Wildman–Crippen LogP) is 2.91. The molecule has 0 spiro atoms. The van der Waals surface area contributed by atoms with Crippen LogP contribution in [0.4, 0.5) is 10.1 Å². The highest BCUT2D eigenvalue weighted by Crippen LogP contribution is 2.28. The van der Waals surface area contributed by atoms with E-state index in [-0.39, 0.29) is 5.82 Å². The Morgan fingerprint density at radius 3 is 2.94 bits per heavy atom. The summed E-state index contributed by atoms with van der Waals surface area (Å²) in [4.78, 5) is 2.16. The topological polar surface area (TPSA) is 29.3 Å². The molecule has 1 unspecified atom stereocenters. The summed E-state index contributed by atoms with van der Waals surface area (Å²) in [6, 6.07) is 5.35. The second-order valence-electron chi connectivity index (χ2n) is 4.88. The largest absolute Gasteiger partial charge is 0.369 e. The third kappa shape index (κ3) is 2.78. The second-order valence-corrected chi connectivity index (χ2v) is 4.88. The highest BCUT2D eigenvalue weighted by atomic mass is 19.1. The van der Waals surface area contributed by atoms with Gasteiger partial charge >= 0.3 is 0 Å². The highest BCUT2D eigenvalue weighted by molar-refractivity contribution is 5.50. The fraction of sp³-hybridized carbons (Fsp3) is 0.571. The molecule has 1 saturated heterocycles.